The lowest BCUT2D eigenvalue weighted by Crippen LogP contribution is -2.44. The van der Waals surface area contributed by atoms with Crippen molar-refractivity contribution in [3.05, 3.63) is 47.5 Å². The van der Waals surface area contributed by atoms with Crippen LogP contribution in [0.1, 0.15) is 19.3 Å². The Morgan fingerprint density at radius 3 is 2.32 bits per heavy atom. The van der Waals surface area contributed by atoms with Gasteiger partial charge in [0.1, 0.15) is 11.5 Å². The summed E-state index contributed by atoms with van der Waals surface area (Å²) in [6.45, 7) is 1.24. The van der Waals surface area contributed by atoms with E-state index in [2.05, 4.69) is 5.32 Å². The van der Waals surface area contributed by atoms with Gasteiger partial charge >= 0.3 is 0 Å². The topological polar surface area (TPSA) is 88.2 Å². The number of nitrogens with one attached hydrogen (secondary N) is 1. The number of amides is 3. The molecule has 4 rings (SSSR count). The standard InChI is InChI=1S/C25H28ClN3O5/c1-33-21-14-22(34-2)20(13-19(21)26)29-15-17(12-23(29)30)25(32)28-10-8-16(9-11-28)24(31)27-18-6-4-3-5-7-18/h3-7,13-14,16-17H,8-12,15H2,1-2H3,(H,27,31). The van der Waals surface area contributed by atoms with Gasteiger partial charge in [-0.3, -0.25) is 14.4 Å². The van der Waals surface area contributed by atoms with Crippen molar-refractivity contribution in [3.63, 3.8) is 0 Å². The smallest absolute Gasteiger partial charge is 0.228 e. The Morgan fingerprint density at radius 1 is 1.00 bits per heavy atom. The zero-order valence-corrected chi connectivity index (χ0v) is 20.0. The number of anilines is 2. The third kappa shape index (κ3) is 4.97. The van der Waals surface area contributed by atoms with Gasteiger partial charge in [0.15, 0.2) is 0 Å². The number of piperidine rings is 1. The lowest BCUT2D eigenvalue weighted by atomic mass is 9.94. The van der Waals surface area contributed by atoms with Gasteiger partial charge in [-0.15, -0.1) is 0 Å². The fourth-order valence-corrected chi connectivity index (χ4v) is 4.78. The minimum Gasteiger partial charge on any atom is -0.495 e. The number of methoxy groups -OCH3 is 2. The quantitative estimate of drug-likeness (QED) is 0.675. The molecule has 0 aromatic heterocycles. The number of halogens is 1. The molecule has 2 fully saturated rings. The largest absolute Gasteiger partial charge is 0.495 e. The van der Waals surface area contributed by atoms with Gasteiger partial charge in [0.25, 0.3) is 0 Å². The molecule has 0 saturated carbocycles. The molecule has 1 atom stereocenters. The first-order chi connectivity index (χ1) is 16.4. The number of carbonyl (C=O) groups is 3. The molecule has 2 aromatic rings. The first kappa shape index (κ1) is 23.9. The number of hydrogen-bond donors (Lipinski definition) is 1. The fraction of sp³-hybridized carbons (Fsp3) is 0.400. The summed E-state index contributed by atoms with van der Waals surface area (Å²) >= 11 is 6.27. The van der Waals surface area contributed by atoms with Gasteiger partial charge in [-0.2, -0.15) is 0 Å². The molecular formula is C25H28ClN3O5. The van der Waals surface area contributed by atoms with Crippen LogP contribution in [0, 0.1) is 11.8 Å². The molecule has 2 aromatic carbocycles. The van der Waals surface area contributed by atoms with Crippen molar-refractivity contribution in [2.45, 2.75) is 19.3 Å². The van der Waals surface area contributed by atoms with Gasteiger partial charge in [0, 0.05) is 43.7 Å². The van der Waals surface area contributed by atoms with Crippen LogP contribution in [0.3, 0.4) is 0 Å². The van der Waals surface area contributed by atoms with Crippen LogP contribution >= 0.6 is 11.6 Å². The number of likely N-dealkylation sites (tertiary alicyclic amines) is 1. The number of ether oxygens (including phenoxy) is 2. The molecule has 180 valence electrons. The second-order valence-electron chi connectivity index (χ2n) is 8.52. The summed E-state index contributed by atoms with van der Waals surface area (Å²) in [4.78, 5) is 41.9. The lowest BCUT2D eigenvalue weighted by Gasteiger charge is -2.33. The number of benzene rings is 2. The number of nitrogens with zero attached hydrogens (tertiary/aromatic N) is 2. The number of hydrogen-bond acceptors (Lipinski definition) is 5. The summed E-state index contributed by atoms with van der Waals surface area (Å²) in [5, 5.41) is 3.30. The summed E-state index contributed by atoms with van der Waals surface area (Å²) in [5.74, 6) is 0.0634. The first-order valence-corrected chi connectivity index (χ1v) is 11.7. The second-order valence-corrected chi connectivity index (χ2v) is 8.93. The molecule has 34 heavy (non-hydrogen) atoms. The van der Waals surface area contributed by atoms with Crippen molar-refractivity contribution in [2.24, 2.45) is 11.8 Å². The summed E-state index contributed by atoms with van der Waals surface area (Å²) in [6, 6.07) is 12.6. The average molecular weight is 486 g/mol. The van der Waals surface area contributed by atoms with E-state index in [9.17, 15) is 14.4 Å². The predicted molar refractivity (Wildman–Crippen MR) is 129 cm³/mol. The second kappa shape index (κ2) is 10.3. The van der Waals surface area contributed by atoms with Crippen LogP contribution in [-0.4, -0.2) is 56.5 Å². The summed E-state index contributed by atoms with van der Waals surface area (Å²) in [5.41, 5.74) is 1.29. The maximum absolute atomic E-state index is 13.2. The highest BCUT2D eigenvalue weighted by atomic mass is 35.5. The fourth-order valence-electron chi connectivity index (χ4n) is 4.55. The van der Waals surface area contributed by atoms with Gasteiger partial charge < -0.3 is 24.6 Å². The normalized spacial score (nSPS) is 18.7. The van der Waals surface area contributed by atoms with E-state index in [1.165, 1.54) is 14.2 Å². The lowest BCUT2D eigenvalue weighted by molar-refractivity contribution is -0.138. The van der Waals surface area contributed by atoms with Crippen LogP contribution in [-0.2, 0) is 14.4 Å². The van der Waals surface area contributed by atoms with Crippen molar-refractivity contribution < 1.29 is 23.9 Å². The van der Waals surface area contributed by atoms with Crippen LogP contribution in [0.25, 0.3) is 0 Å². The van der Waals surface area contributed by atoms with E-state index < -0.39 is 5.92 Å². The molecule has 0 aliphatic carbocycles. The number of rotatable bonds is 6. The molecule has 1 N–H and O–H groups in total. The molecule has 2 saturated heterocycles. The Bertz CT molecular complexity index is 1070. The number of carbonyl (C=O) groups excluding carboxylic acids is 3. The summed E-state index contributed by atoms with van der Waals surface area (Å²) in [6.07, 6.45) is 1.31. The van der Waals surface area contributed by atoms with Gasteiger partial charge in [-0.25, -0.2) is 0 Å². The summed E-state index contributed by atoms with van der Waals surface area (Å²) in [7, 11) is 3.01. The molecule has 2 heterocycles. The Hall–Kier alpha value is -3.26. The van der Waals surface area contributed by atoms with Gasteiger partial charge in [-0.05, 0) is 31.0 Å². The third-order valence-corrected chi connectivity index (χ3v) is 6.73. The van der Waals surface area contributed by atoms with Gasteiger partial charge in [-0.1, -0.05) is 29.8 Å². The molecule has 3 amide bonds. The molecule has 0 radical (unpaired) electrons. The van der Waals surface area contributed by atoms with Crippen molar-refractivity contribution in [1.82, 2.24) is 4.90 Å². The van der Waals surface area contributed by atoms with Crippen molar-refractivity contribution >= 4 is 40.7 Å². The highest BCUT2D eigenvalue weighted by molar-refractivity contribution is 6.32. The van der Waals surface area contributed by atoms with E-state index in [0.29, 0.717) is 48.1 Å². The van der Waals surface area contributed by atoms with E-state index in [1.54, 1.807) is 21.9 Å². The molecule has 0 bridgehead atoms. The highest BCUT2D eigenvalue weighted by Gasteiger charge is 2.39. The van der Waals surface area contributed by atoms with E-state index in [4.69, 9.17) is 21.1 Å². The molecular weight excluding hydrogens is 458 g/mol. The zero-order chi connectivity index (χ0) is 24.2. The zero-order valence-electron chi connectivity index (χ0n) is 19.3. The van der Waals surface area contributed by atoms with E-state index in [0.717, 1.165) is 5.69 Å². The molecule has 2 aliphatic heterocycles. The maximum Gasteiger partial charge on any atom is 0.228 e. The molecule has 1 unspecified atom stereocenters. The van der Waals surface area contributed by atoms with Crippen LogP contribution in [0.4, 0.5) is 11.4 Å². The Balaban J connectivity index is 1.36. The minimum absolute atomic E-state index is 0.0241. The molecule has 9 heteroatoms. The van der Waals surface area contributed by atoms with Crippen molar-refractivity contribution in [1.29, 1.82) is 0 Å². The van der Waals surface area contributed by atoms with Gasteiger partial charge in [0.2, 0.25) is 17.7 Å². The molecule has 2 aliphatic rings. The monoisotopic (exact) mass is 485 g/mol. The predicted octanol–water partition coefficient (Wildman–Crippen LogP) is 3.59. The Labute approximate surface area is 203 Å². The van der Waals surface area contributed by atoms with E-state index >= 15 is 0 Å². The van der Waals surface area contributed by atoms with Crippen LogP contribution in [0.15, 0.2) is 42.5 Å². The molecule has 0 spiro atoms. The minimum atomic E-state index is -0.451. The van der Waals surface area contributed by atoms with Crippen molar-refractivity contribution in [2.75, 3.05) is 44.1 Å². The summed E-state index contributed by atoms with van der Waals surface area (Å²) < 4.78 is 10.7. The Kier molecular flexibility index (Phi) is 7.26. The van der Waals surface area contributed by atoms with Crippen molar-refractivity contribution in [3.8, 4) is 11.5 Å². The Morgan fingerprint density at radius 2 is 1.68 bits per heavy atom. The van der Waals surface area contributed by atoms with Crippen LogP contribution in [0.2, 0.25) is 5.02 Å². The highest BCUT2D eigenvalue weighted by Crippen LogP contribution is 2.40. The van der Waals surface area contributed by atoms with E-state index in [1.807, 2.05) is 30.3 Å². The van der Waals surface area contributed by atoms with Gasteiger partial charge in [0.05, 0.1) is 30.8 Å². The van der Waals surface area contributed by atoms with Crippen LogP contribution in [0.5, 0.6) is 11.5 Å². The first-order valence-electron chi connectivity index (χ1n) is 11.3. The SMILES string of the molecule is COc1cc(OC)c(N2CC(C(=O)N3CCC(C(=O)Nc4ccccc4)CC3)CC2=O)cc1Cl. The average Bonchev–Trinajstić information content (AvgIpc) is 3.25. The van der Waals surface area contributed by atoms with E-state index in [-0.39, 0.29) is 36.6 Å². The molecule has 8 nitrogen and oxygen atoms in total. The number of para-hydroxylation sites is 1. The van der Waals surface area contributed by atoms with Crippen LogP contribution < -0.4 is 19.7 Å². The maximum atomic E-state index is 13.2. The third-order valence-electron chi connectivity index (χ3n) is 6.44.